The van der Waals surface area contributed by atoms with Gasteiger partial charge in [0.1, 0.15) is 0 Å². The van der Waals surface area contributed by atoms with Crippen molar-refractivity contribution in [1.29, 1.82) is 0 Å². The molecule has 0 amide bonds. The minimum Gasteiger partial charge on any atom is -0.317 e. The summed E-state index contributed by atoms with van der Waals surface area (Å²) < 4.78 is 26.9. The Morgan fingerprint density at radius 1 is 1.19 bits per heavy atom. The van der Waals surface area contributed by atoms with Crippen molar-refractivity contribution in [2.45, 2.75) is 63.8 Å². The normalized spacial score (nSPS) is 18.9. The topological polar surface area (TPSA) is 55.2 Å². The third-order valence-corrected chi connectivity index (χ3v) is 6.97. The second-order valence-corrected chi connectivity index (χ2v) is 9.31. The summed E-state index contributed by atoms with van der Waals surface area (Å²) in [5.41, 5.74) is 2.21. The van der Waals surface area contributed by atoms with E-state index in [2.05, 4.69) is 28.9 Å². The largest absolute Gasteiger partial charge is 0.317 e. The maximum absolute atomic E-state index is 12.5. The number of piperidine rings is 1. The standard InChI is InChI=1S/C20H29N3O2S/c1-3-26(24,25)20-21-15-19(16-22-13-8-7-9-17(22)2)23(20)14-12-18-10-5-4-6-11-18/h4-6,10-11,15,17H,3,7-9,12-14,16H2,1-2H3/t17-/m1/s1. The molecule has 0 N–H and O–H groups in total. The van der Waals surface area contributed by atoms with Crippen molar-refractivity contribution in [2.24, 2.45) is 0 Å². The van der Waals surface area contributed by atoms with Gasteiger partial charge in [0.25, 0.3) is 0 Å². The summed E-state index contributed by atoms with van der Waals surface area (Å²) in [5, 5.41) is 0.218. The number of likely N-dealkylation sites (tertiary alicyclic amines) is 1. The minimum absolute atomic E-state index is 0.0783. The van der Waals surface area contributed by atoms with Crippen LogP contribution in [0.2, 0.25) is 0 Å². The molecule has 1 aliphatic rings. The molecule has 2 heterocycles. The Balaban J connectivity index is 1.86. The molecule has 0 aliphatic carbocycles. The molecule has 26 heavy (non-hydrogen) atoms. The molecule has 6 heteroatoms. The highest BCUT2D eigenvalue weighted by Gasteiger charge is 2.24. The van der Waals surface area contributed by atoms with E-state index in [0.29, 0.717) is 12.6 Å². The summed E-state index contributed by atoms with van der Waals surface area (Å²) in [6, 6.07) is 10.7. The summed E-state index contributed by atoms with van der Waals surface area (Å²) in [7, 11) is -3.33. The highest BCUT2D eigenvalue weighted by Crippen LogP contribution is 2.21. The van der Waals surface area contributed by atoms with Crippen molar-refractivity contribution in [3.05, 3.63) is 47.8 Å². The van der Waals surface area contributed by atoms with Gasteiger partial charge in [-0.1, -0.05) is 43.7 Å². The van der Waals surface area contributed by atoms with Crippen LogP contribution in [0.1, 0.15) is 44.4 Å². The van der Waals surface area contributed by atoms with Gasteiger partial charge < -0.3 is 4.57 Å². The van der Waals surface area contributed by atoms with Gasteiger partial charge in [-0.15, -0.1) is 0 Å². The Morgan fingerprint density at radius 3 is 2.65 bits per heavy atom. The van der Waals surface area contributed by atoms with E-state index in [1.165, 1.54) is 24.8 Å². The number of hydrogen-bond donors (Lipinski definition) is 0. The summed E-state index contributed by atoms with van der Waals surface area (Å²) in [6.45, 7) is 6.41. The average Bonchev–Trinajstić information content (AvgIpc) is 3.06. The van der Waals surface area contributed by atoms with E-state index in [0.717, 1.165) is 25.2 Å². The van der Waals surface area contributed by atoms with Crippen molar-refractivity contribution in [3.63, 3.8) is 0 Å². The molecule has 0 saturated carbocycles. The van der Waals surface area contributed by atoms with Crippen LogP contribution in [0.25, 0.3) is 0 Å². The van der Waals surface area contributed by atoms with Gasteiger partial charge in [-0.05, 0) is 38.3 Å². The predicted molar refractivity (Wildman–Crippen MR) is 104 cm³/mol. The van der Waals surface area contributed by atoms with Crippen molar-refractivity contribution in [1.82, 2.24) is 14.5 Å². The molecule has 0 bridgehead atoms. The number of aromatic nitrogens is 2. The Bertz CT molecular complexity index is 815. The molecule has 0 spiro atoms. The maximum atomic E-state index is 12.5. The average molecular weight is 376 g/mol. The molecule has 1 aromatic carbocycles. The van der Waals surface area contributed by atoms with Gasteiger partial charge in [0.2, 0.25) is 15.0 Å². The highest BCUT2D eigenvalue weighted by atomic mass is 32.2. The lowest BCUT2D eigenvalue weighted by molar-refractivity contribution is 0.148. The molecule has 1 saturated heterocycles. The molecular weight excluding hydrogens is 346 g/mol. The Labute approximate surface area is 157 Å². The van der Waals surface area contributed by atoms with Gasteiger partial charge in [0, 0.05) is 19.1 Å². The molecule has 142 valence electrons. The van der Waals surface area contributed by atoms with Crippen molar-refractivity contribution >= 4 is 9.84 Å². The maximum Gasteiger partial charge on any atom is 0.227 e. The van der Waals surface area contributed by atoms with Gasteiger partial charge in [0.05, 0.1) is 17.6 Å². The lowest BCUT2D eigenvalue weighted by atomic mass is 10.0. The number of nitrogens with zero attached hydrogens (tertiary/aromatic N) is 3. The number of hydrogen-bond acceptors (Lipinski definition) is 4. The lowest BCUT2D eigenvalue weighted by Gasteiger charge is -2.33. The van der Waals surface area contributed by atoms with E-state index in [1.807, 2.05) is 22.8 Å². The van der Waals surface area contributed by atoms with E-state index in [9.17, 15) is 8.42 Å². The monoisotopic (exact) mass is 375 g/mol. The Morgan fingerprint density at radius 2 is 1.96 bits per heavy atom. The van der Waals surface area contributed by atoms with Crippen LogP contribution >= 0.6 is 0 Å². The lowest BCUT2D eigenvalue weighted by Crippen LogP contribution is -2.37. The van der Waals surface area contributed by atoms with Crippen LogP contribution < -0.4 is 0 Å². The first kappa shape index (κ1) is 19.1. The van der Waals surface area contributed by atoms with E-state index < -0.39 is 9.84 Å². The molecular formula is C20H29N3O2S. The van der Waals surface area contributed by atoms with Gasteiger partial charge in [0.15, 0.2) is 0 Å². The summed E-state index contributed by atoms with van der Waals surface area (Å²) >= 11 is 0. The quantitative estimate of drug-likeness (QED) is 0.745. The summed E-state index contributed by atoms with van der Waals surface area (Å²) in [5.74, 6) is 0.0783. The number of aryl methyl sites for hydroxylation is 1. The van der Waals surface area contributed by atoms with Gasteiger partial charge in [-0.2, -0.15) is 0 Å². The summed E-state index contributed by atoms with van der Waals surface area (Å²) in [6.07, 6.45) is 6.25. The van der Waals surface area contributed by atoms with E-state index >= 15 is 0 Å². The first-order valence-corrected chi connectivity index (χ1v) is 11.2. The molecule has 3 rings (SSSR count). The first-order valence-electron chi connectivity index (χ1n) is 9.56. The smallest absolute Gasteiger partial charge is 0.227 e. The van der Waals surface area contributed by atoms with E-state index in [1.54, 1.807) is 13.1 Å². The zero-order valence-corrected chi connectivity index (χ0v) is 16.6. The number of sulfone groups is 1. The third kappa shape index (κ3) is 4.35. The fourth-order valence-electron chi connectivity index (χ4n) is 3.62. The number of rotatable bonds is 7. The SMILES string of the molecule is CCS(=O)(=O)c1ncc(CN2CCCC[C@H]2C)n1CCc1ccccc1. The molecule has 1 atom stereocenters. The highest BCUT2D eigenvalue weighted by molar-refractivity contribution is 7.91. The Kier molecular flexibility index (Phi) is 6.14. The molecule has 5 nitrogen and oxygen atoms in total. The minimum atomic E-state index is -3.33. The molecule has 0 unspecified atom stereocenters. The van der Waals surface area contributed by atoms with Crippen molar-refractivity contribution < 1.29 is 8.42 Å². The third-order valence-electron chi connectivity index (χ3n) is 5.33. The van der Waals surface area contributed by atoms with Crippen LogP contribution in [0, 0.1) is 0 Å². The molecule has 1 fully saturated rings. The molecule has 1 aliphatic heterocycles. The van der Waals surface area contributed by atoms with E-state index in [4.69, 9.17) is 0 Å². The molecule has 0 radical (unpaired) electrons. The zero-order chi connectivity index (χ0) is 18.6. The van der Waals surface area contributed by atoms with Gasteiger partial charge in [-0.25, -0.2) is 13.4 Å². The van der Waals surface area contributed by atoms with E-state index in [-0.39, 0.29) is 10.9 Å². The second kappa shape index (κ2) is 8.35. The first-order chi connectivity index (χ1) is 12.5. The fraction of sp³-hybridized carbons (Fsp3) is 0.550. The molecule has 1 aromatic heterocycles. The Hall–Kier alpha value is -1.66. The van der Waals surface area contributed by atoms with Crippen molar-refractivity contribution in [3.8, 4) is 0 Å². The van der Waals surface area contributed by atoms with Gasteiger partial charge >= 0.3 is 0 Å². The molecule has 2 aromatic rings. The van der Waals surface area contributed by atoms with Crippen molar-refractivity contribution in [2.75, 3.05) is 12.3 Å². The fourth-order valence-corrected chi connectivity index (χ4v) is 4.64. The van der Waals surface area contributed by atoms with Crippen LogP contribution in [0.5, 0.6) is 0 Å². The van der Waals surface area contributed by atoms with Gasteiger partial charge in [-0.3, -0.25) is 4.90 Å². The van der Waals surface area contributed by atoms with Crippen LogP contribution in [0.15, 0.2) is 41.7 Å². The summed E-state index contributed by atoms with van der Waals surface area (Å²) in [4.78, 5) is 6.76. The number of benzene rings is 1. The van der Waals surface area contributed by atoms with Crippen LogP contribution in [0.3, 0.4) is 0 Å². The van der Waals surface area contributed by atoms with Crippen LogP contribution in [-0.4, -0.2) is 41.2 Å². The number of imidazole rings is 1. The second-order valence-electron chi connectivity index (χ2n) is 7.14. The predicted octanol–water partition coefficient (Wildman–Crippen LogP) is 3.29. The van der Waals surface area contributed by atoms with Crippen LogP contribution in [-0.2, 0) is 29.3 Å². The zero-order valence-electron chi connectivity index (χ0n) is 15.8. The van der Waals surface area contributed by atoms with Crippen LogP contribution in [0.4, 0.5) is 0 Å².